The summed E-state index contributed by atoms with van der Waals surface area (Å²) in [5.41, 5.74) is 0.415. The number of sulfonamides is 1. The lowest BCUT2D eigenvalue weighted by Gasteiger charge is -2.06. The maximum atomic E-state index is 13.6. The van der Waals surface area contributed by atoms with Crippen molar-refractivity contribution in [2.45, 2.75) is 11.3 Å². The molecule has 2 N–H and O–H groups in total. The highest BCUT2D eigenvalue weighted by Crippen LogP contribution is 2.25. The molecule has 0 unspecified atom stereocenters. The predicted octanol–water partition coefficient (Wildman–Crippen LogP) is 3.18. The average molecular weight is 410 g/mol. The Hall–Kier alpha value is -2.92. The smallest absolute Gasteiger partial charge is 0.291 e. The molecule has 0 spiro atoms. The Kier molecular flexibility index (Phi) is 5.15. The van der Waals surface area contributed by atoms with E-state index in [1.165, 1.54) is 0 Å². The largest absolute Gasteiger partial charge is 0.296 e. The van der Waals surface area contributed by atoms with Gasteiger partial charge in [-0.25, -0.2) is 8.78 Å². The number of aromatic nitrogens is 2. The zero-order valence-electron chi connectivity index (χ0n) is 13.7. The molecule has 0 saturated heterocycles. The van der Waals surface area contributed by atoms with Gasteiger partial charge in [-0.2, -0.15) is 8.42 Å². The monoisotopic (exact) mass is 410 g/mol. The molecule has 27 heavy (non-hydrogen) atoms. The maximum absolute atomic E-state index is 13.6. The van der Waals surface area contributed by atoms with Crippen LogP contribution in [0.25, 0.3) is 0 Å². The molecule has 1 aromatic heterocycles. The van der Waals surface area contributed by atoms with Crippen molar-refractivity contribution in [1.82, 2.24) is 10.2 Å². The summed E-state index contributed by atoms with van der Waals surface area (Å²) < 4.78 is 53.1. The minimum atomic E-state index is -4.38. The van der Waals surface area contributed by atoms with Crippen molar-refractivity contribution in [3.8, 4) is 0 Å². The number of rotatable bonds is 5. The van der Waals surface area contributed by atoms with Gasteiger partial charge in [-0.1, -0.05) is 35.1 Å². The predicted molar refractivity (Wildman–Crippen MR) is 96.2 cm³/mol. The van der Waals surface area contributed by atoms with Crippen LogP contribution < -0.4 is 10.0 Å². The molecule has 11 heteroatoms. The standard InChI is InChI=1S/C16H12F2N4O3S2/c1-9-4-2-5-10(8-9)14(23)19-15-20-21-16(26-15)27(24,25)22-13-11(17)6-3-7-12(13)18/h2-8,22H,1H3,(H,19,20,23). The molecule has 0 aliphatic heterocycles. The molecule has 0 radical (unpaired) electrons. The van der Waals surface area contributed by atoms with E-state index in [0.29, 0.717) is 16.9 Å². The molecular weight excluding hydrogens is 398 g/mol. The summed E-state index contributed by atoms with van der Waals surface area (Å²) in [5.74, 6) is -2.64. The second-order valence-corrected chi connectivity index (χ2v) is 8.23. The van der Waals surface area contributed by atoms with E-state index in [1.807, 2.05) is 13.0 Å². The van der Waals surface area contributed by atoms with E-state index in [4.69, 9.17) is 0 Å². The highest BCUT2D eigenvalue weighted by atomic mass is 32.2. The first kappa shape index (κ1) is 18.9. The summed E-state index contributed by atoms with van der Waals surface area (Å²) in [5, 5.41) is 9.41. The second-order valence-electron chi connectivity index (χ2n) is 5.40. The van der Waals surface area contributed by atoms with Crippen LogP contribution >= 0.6 is 11.3 Å². The van der Waals surface area contributed by atoms with Crippen LogP contribution in [-0.4, -0.2) is 24.5 Å². The molecule has 3 aromatic rings. The van der Waals surface area contributed by atoms with E-state index in [-0.39, 0.29) is 5.13 Å². The van der Waals surface area contributed by atoms with E-state index in [1.54, 1.807) is 22.9 Å². The fourth-order valence-electron chi connectivity index (χ4n) is 2.10. The number of benzene rings is 2. The minimum absolute atomic E-state index is 0.0733. The van der Waals surface area contributed by atoms with Gasteiger partial charge < -0.3 is 0 Å². The van der Waals surface area contributed by atoms with Crippen LogP contribution in [0.5, 0.6) is 0 Å². The van der Waals surface area contributed by atoms with Gasteiger partial charge in [0, 0.05) is 5.56 Å². The molecule has 0 atom stereocenters. The van der Waals surface area contributed by atoms with Gasteiger partial charge in [0.05, 0.1) is 0 Å². The first-order chi connectivity index (χ1) is 12.8. The SMILES string of the molecule is Cc1cccc(C(=O)Nc2nnc(S(=O)(=O)Nc3c(F)cccc3F)s2)c1. The van der Waals surface area contributed by atoms with Crippen LogP contribution in [0.1, 0.15) is 15.9 Å². The first-order valence-electron chi connectivity index (χ1n) is 7.44. The first-order valence-corrected chi connectivity index (χ1v) is 9.74. The van der Waals surface area contributed by atoms with Gasteiger partial charge in [-0.3, -0.25) is 14.8 Å². The number of nitrogens with zero attached hydrogens (tertiary/aromatic N) is 2. The van der Waals surface area contributed by atoms with Gasteiger partial charge in [0.1, 0.15) is 17.3 Å². The van der Waals surface area contributed by atoms with Crippen molar-refractivity contribution in [1.29, 1.82) is 0 Å². The third-order valence-corrected chi connectivity index (χ3v) is 5.89. The van der Waals surface area contributed by atoms with E-state index in [0.717, 1.165) is 23.8 Å². The quantitative estimate of drug-likeness (QED) is 0.629. The molecule has 0 aliphatic rings. The Bertz CT molecular complexity index is 1100. The van der Waals surface area contributed by atoms with E-state index in [2.05, 4.69) is 15.5 Å². The Balaban J connectivity index is 1.79. The average Bonchev–Trinajstić information content (AvgIpc) is 3.08. The van der Waals surface area contributed by atoms with Crippen LogP contribution in [-0.2, 0) is 10.0 Å². The highest BCUT2D eigenvalue weighted by molar-refractivity contribution is 7.94. The molecule has 0 aliphatic carbocycles. The topological polar surface area (TPSA) is 101 Å². The number of anilines is 2. The lowest BCUT2D eigenvalue weighted by atomic mass is 10.1. The van der Waals surface area contributed by atoms with Gasteiger partial charge in [-0.15, -0.1) is 10.2 Å². The maximum Gasteiger partial charge on any atom is 0.291 e. The highest BCUT2D eigenvalue weighted by Gasteiger charge is 2.24. The molecule has 0 bridgehead atoms. The Labute approximate surface area is 157 Å². The summed E-state index contributed by atoms with van der Waals surface area (Å²) in [7, 11) is -4.38. The van der Waals surface area contributed by atoms with Crippen molar-refractivity contribution in [3.05, 3.63) is 65.2 Å². The van der Waals surface area contributed by atoms with Gasteiger partial charge in [-0.05, 0) is 31.2 Å². The van der Waals surface area contributed by atoms with Crippen molar-refractivity contribution < 1.29 is 22.0 Å². The van der Waals surface area contributed by atoms with Crippen molar-refractivity contribution in [2.24, 2.45) is 0 Å². The minimum Gasteiger partial charge on any atom is -0.296 e. The molecular formula is C16H12F2N4O3S2. The lowest BCUT2D eigenvalue weighted by Crippen LogP contribution is -2.15. The third-order valence-electron chi connectivity index (χ3n) is 3.34. The number of para-hydroxylation sites is 1. The number of hydrogen-bond donors (Lipinski definition) is 2. The van der Waals surface area contributed by atoms with Crippen LogP contribution in [0, 0.1) is 18.6 Å². The Morgan fingerprint density at radius 3 is 2.41 bits per heavy atom. The summed E-state index contributed by atoms with van der Waals surface area (Å²) in [6.07, 6.45) is 0. The number of carbonyl (C=O) groups excluding carboxylic acids is 1. The van der Waals surface area contributed by atoms with Gasteiger partial charge in [0.15, 0.2) is 0 Å². The Morgan fingerprint density at radius 2 is 1.74 bits per heavy atom. The van der Waals surface area contributed by atoms with Gasteiger partial charge in [0.25, 0.3) is 20.3 Å². The summed E-state index contributed by atoms with van der Waals surface area (Å²) >= 11 is 0.548. The number of nitrogens with one attached hydrogen (secondary N) is 2. The number of aryl methyl sites for hydroxylation is 1. The van der Waals surface area contributed by atoms with Crippen molar-refractivity contribution >= 4 is 38.1 Å². The van der Waals surface area contributed by atoms with Crippen LogP contribution in [0.2, 0.25) is 0 Å². The number of hydrogen-bond acceptors (Lipinski definition) is 6. The number of amides is 1. The molecule has 0 saturated carbocycles. The summed E-state index contributed by atoms with van der Waals surface area (Å²) in [6, 6.07) is 9.68. The fourth-order valence-corrected chi connectivity index (χ4v) is 4.07. The van der Waals surface area contributed by atoms with E-state index >= 15 is 0 Å². The molecule has 1 amide bonds. The molecule has 2 aromatic carbocycles. The molecule has 140 valence electrons. The summed E-state index contributed by atoms with van der Waals surface area (Å²) in [4.78, 5) is 12.2. The van der Waals surface area contributed by atoms with Crippen molar-refractivity contribution in [3.63, 3.8) is 0 Å². The molecule has 7 nitrogen and oxygen atoms in total. The van der Waals surface area contributed by atoms with Crippen LogP contribution in [0.3, 0.4) is 0 Å². The lowest BCUT2D eigenvalue weighted by molar-refractivity contribution is 0.102. The van der Waals surface area contributed by atoms with Crippen LogP contribution in [0.15, 0.2) is 46.8 Å². The fraction of sp³-hybridized carbons (Fsp3) is 0.0625. The zero-order valence-corrected chi connectivity index (χ0v) is 15.4. The number of halogens is 2. The number of carbonyl (C=O) groups is 1. The normalized spacial score (nSPS) is 11.2. The summed E-state index contributed by atoms with van der Waals surface area (Å²) in [6.45, 7) is 1.82. The van der Waals surface area contributed by atoms with Gasteiger partial charge >= 0.3 is 0 Å². The molecule has 3 rings (SSSR count). The molecule has 0 fully saturated rings. The van der Waals surface area contributed by atoms with E-state index < -0.39 is 37.6 Å². The van der Waals surface area contributed by atoms with Crippen LogP contribution in [0.4, 0.5) is 19.6 Å². The Morgan fingerprint density at radius 1 is 1.07 bits per heavy atom. The third kappa shape index (κ3) is 4.26. The second kappa shape index (κ2) is 7.37. The van der Waals surface area contributed by atoms with Crippen molar-refractivity contribution in [2.75, 3.05) is 10.0 Å². The van der Waals surface area contributed by atoms with E-state index in [9.17, 15) is 22.0 Å². The van der Waals surface area contributed by atoms with Gasteiger partial charge in [0.2, 0.25) is 5.13 Å². The zero-order chi connectivity index (χ0) is 19.6. The molecule has 1 heterocycles.